The molecule has 2 aromatic carbocycles. The number of benzene rings is 2. The van der Waals surface area contributed by atoms with Crippen LogP contribution in [0.15, 0.2) is 69.6 Å². The van der Waals surface area contributed by atoms with Gasteiger partial charge in [-0.3, -0.25) is 10.1 Å². The van der Waals surface area contributed by atoms with Crippen LogP contribution in [0.2, 0.25) is 0 Å². The molecule has 1 aliphatic heterocycles. The van der Waals surface area contributed by atoms with Gasteiger partial charge in [-0.1, -0.05) is 23.9 Å². The van der Waals surface area contributed by atoms with Crippen molar-refractivity contribution in [2.45, 2.75) is 31.6 Å². The minimum atomic E-state index is -0.352. The molecule has 0 bridgehead atoms. The van der Waals surface area contributed by atoms with E-state index in [1.165, 1.54) is 27.4 Å². The summed E-state index contributed by atoms with van der Waals surface area (Å²) in [5, 5.41) is 11.0. The molecule has 0 saturated carbocycles. The molecule has 174 valence electrons. The third-order valence-corrected chi connectivity index (χ3v) is 7.32. The third kappa shape index (κ3) is 5.60. The molecule has 0 aromatic heterocycles. The fraction of sp³-hybridized carbons (Fsp3) is 0.385. The van der Waals surface area contributed by atoms with E-state index in [1.54, 1.807) is 23.9 Å². The van der Waals surface area contributed by atoms with Crippen LogP contribution in [-0.4, -0.2) is 49.2 Å². The van der Waals surface area contributed by atoms with Crippen molar-refractivity contribution in [2.75, 3.05) is 44.3 Å². The molecule has 1 heterocycles. The number of ether oxygens (including phenoxy) is 1. The molecule has 2 aromatic rings. The van der Waals surface area contributed by atoms with E-state index in [0.29, 0.717) is 0 Å². The van der Waals surface area contributed by atoms with Crippen LogP contribution in [-0.2, 0) is 4.74 Å². The third-order valence-electron chi connectivity index (χ3n) is 6.17. The highest BCUT2D eigenvalue weighted by Gasteiger charge is 2.27. The monoisotopic (exact) mass is 465 g/mol. The second-order valence-electron chi connectivity index (χ2n) is 8.16. The molecular weight excluding hydrogens is 434 g/mol. The zero-order valence-electron chi connectivity index (χ0n) is 19.3. The van der Waals surface area contributed by atoms with Crippen molar-refractivity contribution in [1.82, 2.24) is 4.90 Å². The van der Waals surface area contributed by atoms with Crippen LogP contribution in [0.3, 0.4) is 0 Å². The van der Waals surface area contributed by atoms with E-state index in [0.717, 1.165) is 57.1 Å². The Morgan fingerprint density at radius 1 is 1.03 bits per heavy atom. The number of non-ortho nitro benzene ring substituents is 1. The summed E-state index contributed by atoms with van der Waals surface area (Å²) in [5.41, 5.74) is 5.27. The summed E-state index contributed by atoms with van der Waals surface area (Å²) in [6.07, 6.45) is 4.30. The number of nitrogens with zero attached hydrogens (tertiary/aromatic N) is 3. The van der Waals surface area contributed by atoms with Crippen LogP contribution < -0.4 is 4.90 Å². The lowest BCUT2D eigenvalue weighted by molar-refractivity contribution is -0.384. The number of anilines is 1. The van der Waals surface area contributed by atoms with Gasteiger partial charge in [-0.2, -0.15) is 0 Å². The van der Waals surface area contributed by atoms with Crippen LogP contribution in [0.25, 0.3) is 6.08 Å². The fourth-order valence-electron chi connectivity index (χ4n) is 4.42. The van der Waals surface area contributed by atoms with Gasteiger partial charge in [0.05, 0.1) is 23.8 Å². The Balaban J connectivity index is 1.61. The highest BCUT2D eigenvalue weighted by Crippen LogP contribution is 2.44. The topological polar surface area (TPSA) is 58.8 Å². The number of hydrogen-bond donors (Lipinski definition) is 0. The molecule has 0 amide bonds. The molecule has 1 saturated heterocycles. The summed E-state index contributed by atoms with van der Waals surface area (Å²) in [5.74, 6) is 0. The maximum atomic E-state index is 11.0. The molecular formula is C26H31N3O3S. The molecule has 7 heteroatoms. The van der Waals surface area contributed by atoms with Crippen LogP contribution in [0, 0.1) is 10.1 Å². The van der Waals surface area contributed by atoms with Crippen LogP contribution in [0.4, 0.5) is 11.4 Å². The maximum Gasteiger partial charge on any atom is 0.269 e. The minimum absolute atomic E-state index is 0.127. The summed E-state index contributed by atoms with van der Waals surface area (Å²) < 4.78 is 5.60. The van der Waals surface area contributed by atoms with E-state index >= 15 is 0 Å². The van der Waals surface area contributed by atoms with Gasteiger partial charge < -0.3 is 14.5 Å². The number of nitro groups is 1. The average molecular weight is 466 g/mol. The normalized spacial score (nSPS) is 17.6. The van der Waals surface area contributed by atoms with Gasteiger partial charge in [0.2, 0.25) is 0 Å². The fourth-order valence-corrected chi connectivity index (χ4v) is 5.54. The highest BCUT2D eigenvalue weighted by molar-refractivity contribution is 8.03. The quantitative estimate of drug-likeness (QED) is 0.354. The lowest BCUT2D eigenvalue weighted by Gasteiger charge is -2.31. The molecule has 1 fully saturated rings. The van der Waals surface area contributed by atoms with Gasteiger partial charge in [0.25, 0.3) is 5.69 Å². The van der Waals surface area contributed by atoms with Gasteiger partial charge >= 0.3 is 0 Å². The van der Waals surface area contributed by atoms with E-state index in [1.807, 2.05) is 12.1 Å². The molecule has 2 aliphatic rings. The molecule has 0 radical (unpaired) electrons. The molecule has 0 N–H and O–H groups in total. The lowest BCUT2D eigenvalue weighted by Crippen LogP contribution is -2.35. The first-order chi connectivity index (χ1) is 16.1. The number of rotatable bonds is 8. The Morgan fingerprint density at radius 2 is 1.70 bits per heavy atom. The van der Waals surface area contributed by atoms with Crippen LogP contribution in [0.1, 0.15) is 32.3 Å². The first-order valence-electron chi connectivity index (χ1n) is 11.6. The predicted molar refractivity (Wildman–Crippen MR) is 136 cm³/mol. The van der Waals surface area contributed by atoms with Crippen molar-refractivity contribution >= 4 is 29.2 Å². The first-order valence-corrected chi connectivity index (χ1v) is 12.4. The summed E-state index contributed by atoms with van der Waals surface area (Å²) in [7, 11) is 0. The first kappa shape index (κ1) is 23.4. The minimum Gasteiger partial charge on any atom is -0.378 e. The van der Waals surface area contributed by atoms with Crippen LogP contribution >= 0.6 is 11.8 Å². The number of nitro benzene ring substituents is 1. The lowest BCUT2D eigenvalue weighted by atomic mass is 10.1. The molecule has 33 heavy (non-hydrogen) atoms. The molecule has 0 atom stereocenters. The molecule has 0 unspecified atom stereocenters. The summed E-state index contributed by atoms with van der Waals surface area (Å²) in [6.45, 7) is 9.63. The standard InChI is InChI=1S/C26H31N3O3S/c1-3-27(4-2)22-8-5-20(6-9-22)19-21-7-14-25(26(21)28-15-17-32-18-16-28)33-24-12-10-23(11-13-24)29(30)31/h5-6,8-13,19H,3-4,7,14-18H2,1-2H3/b21-19+. The second-order valence-corrected chi connectivity index (χ2v) is 9.33. The predicted octanol–water partition coefficient (Wildman–Crippen LogP) is 5.95. The van der Waals surface area contributed by atoms with Crippen molar-refractivity contribution in [3.8, 4) is 0 Å². The Morgan fingerprint density at radius 3 is 2.30 bits per heavy atom. The summed E-state index contributed by atoms with van der Waals surface area (Å²) in [4.78, 5) is 17.8. The largest absolute Gasteiger partial charge is 0.378 e. The summed E-state index contributed by atoms with van der Waals surface area (Å²) >= 11 is 1.73. The summed E-state index contributed by atoms with van der Waals surface area (Å²) in [6, 6.07) is 15.7. The van der Waals surface area contributed by atoms with Gasteiger partial charge in [-0.15, -0.1) is 0 Å². The van der Waals surface area contributed by atoms with E-state index < -0.39 is 0 Å². The average Bonchev–Trinajstić information content (AvgIpc) is 3.23. The van der Waals surface area contributed by atoms with Gasteiger partial charge in [0.1, 0.15) is 0 Å². The van der Waals surface area contributed by atoms with E-state index in [-0.39, 0.29) is 10.6 Å². The SMILES string of the molecule is CCN(CC)c1ccc(/C=C2\CCC(Sc3ccc([N+](=O)[O-])cc3)=C2N2CCOCC2)cc1. The highest BCUT2D eigenvalue weighted by atomic mass is 32.2. The Bertz CT molecular complexity index is 1020. The van der Waals surface area contributed by atoms with Gasteiger partial charge in [-0.05, 0) is 68.2 Å². The zero-order chi connectivity index (χ0) is 23.2. The Hall–Kier alpha value is -2.77. The number of morpholine rings is 1. The van der Waals surface area contributed by atoms with E-state index in [9.17, 15) is 10.1 Å². The Kier molecular flexibility index (Phi) is 7.73. The number of thioether (sulfide) groups is 1. The van der Waals surface area contributed by atoms with Gasteiger partial charge in [0.15, 0.2) is 0 Å². The smallest absolute Gasteiger partial charge is 0.269 e. The van der Waals surface area contributed by atoms with Crippen molar-refractivity contribution in [3.63, 3.8) is 0 Å². The van der Waals surface area contributed by atoms with Crippen molar-refractivity contribution in [3.05, 3.63) is 80.4 Å². The molecule has 1 aliphatic carbocycles. The number of hydrogen-bond acceptors (Lipinski definition) is 6. The zero-order valence-corrected chi connectivity index (χ0v) is 20.1. The van der Waals surface area contributed by atoms with Crippen molar-refractivity contribution < 1.29 is 9.66 Å². The Labute approximate surface area is 200 Å². The van der Waals surface area contributed by atoms with Crippen LogP contribution in [0.5, 0.6) is 0 Å². The molecule has 0 spiro atoms. The maximum absolute atomic E-state index is 11.0. The van der Waals surface area contributed by atoms with Crippen molar-refractivity contribution in [2.24, 2.45) is 0 Å². The van der Waals surface area contributed by atoms with Gasteiger partial charge in [0, 0.05) is 53.8 Å². The molecule has 6 nitrogen and oxygen atoms in total. The van der Waals surface area contributed by atoms with Gasteiger partial charge in [-0.25, -0.2) is 0 Å². The number of allylic oxidation sites excluding steroid dienone is 2. The van der Waals surface area contributed by atoms with E-state index in [4.69, 9.17) is 4.74 Å². The second kappa shape index (κ2) is 10.9. The molecule has 4 rings (SSSR count). The van der Waals surface area contributed by atoms with E-state index in [2.05, 4.69) is 54.0 Å². The van der Waals surface area contributed by atoms with Crippen molar-refractivity contribution in [1.29, 1.82) is 0 Å².